The van der Waals surface area contributed by atoms with Crippen LogP contribution in [0.15, 0.2) is 12.1 Å². The first-order chi connectivity index (χ1) is 8.31. The number of carbonyl (C=O) groups excluding carboxylic acids is 1. The molecule has 0 heterocycles. The molecule has 1 rings (SSSR count). The molecule has 96 valence electrons. The summed E-state index contributed by atoms with van der Waals surface area (Å²) in [5.41, 5.74) is -2.69. The third-order valence-corrected chi connectivity index (χ3v) is 2.06. The number of nitriles is 1. The molecule has 0 aliphatic rings. The average Bonchev–Trinajstić information content (AvgIpc) is 2.27. The molecule has 1 aromatic rings. The molecule has 4 nitrogen and oxygen atoms in total. The monoisotopic (exact) mass is 259 g/mol. The first-order valence-corrected chi connectivity index (χ1v) is 4.82. The average molecular weight is 259 g/mol. The van der Waals surface area contributed by atoms with Gasteiger partial charge in [-0.3, -0.25) is 0 Å². The molecule has 18 heavy (non-hydrogen) atoms. The fraction of sp³-hybridized carbons (Fsp3) is 0.273. The highest BCUT2D eigenvalue weighted by Crippen LogP contribution is 2.35. The predicted molar refractivity (Wildman–Crippen MR) is 53.8 cm³/mol. The fourth-order valence-corrected chi connectivity index (χ4v) is 1.29. The van der Waals surface area contributed by atoms with Crippen molar-refractivity contribution in [3.63, 3.8) is 0 Å². The van der Waals surface area contributed by atoms with Gasteiger partial charge in [-0.25, -0.2) is 4.79 Å². The summed E-state index contributed by atoms with van der Waals surface area (Å²) in [6.45, 7) is 1.34. The number of nitrogens with zero attached hydrogens (tertiary/aromatic N) is 1. The number of phenols is 1. The molecule has 0 aliphatic heterocycles. The number of ether oxygens (including phenoxy) is 1. The Bertz CT molecular complexity index is 517. The molecule has 0 atom stereocenters. The minimum atomic E-state index is -4.82. The van der Waals surface area contributed by atoms with Gasteiger partial charge in [-0.05, 0) is 19.1 Å². The van der Waals surface area contributed by atoms with Gasteiger partial charge in [-0.15, -0.1) is 0 Å². The summed E-state index contributed by atoms with van der Waals surface area (Å²) in [6.07, 6.45) is -4.82. The van der Waals surface area contributed by atoms with Gasteiger partial charge in [0.05, 0.1) is 23.3 Å². The molecule has 7 heteroatoms. The topological polar surface area (TPSA) is 70.3 Å². The van der Waals surface area contributed by atoms with Crippen LogP contribution in [0.1, 0.15) is 28.4 Å². The van der Waals surface area contributed by atoms with Gasteiger partial charge < -0.3 is 9.84 Å². The van der Waals surface area contributed by atoms with E-state index in [9.17, 15) is 23.1 Å². The van der Waals surface area contributed by atoms with Gasteiger partial charge in [0, 0.05) is 0 Å². The van der Waals surface area contributed by atoms with Gasteiger partial charge in [0.2, 0.25) is 0 Å². The highest BCUT2D eigenvalue weighted by Gasteiger charge is 2.36. The number of esters is 1. The van der Waals surface area contributed by atoms with Crippen LogP contribution in [0, 0.1) is 11.3 Å². The standard InChI is InChI=1S/C11H8F3NO3/c1-2-18-10(17)7-4-9(16)6(5-15)3-8(7)11(12,13)14/h3-4,16H,2H2,1H3. The van der Waals surface area contributed by atoms with Crippen LogP contribution in [0.2, 0.25) is 0 Å². The van der Waals surface area contributed by atoms with E-state index < -0.39 is 34.6 Å². The number of benzene rings is 1. The van der Waals surface area contributed by atoms with Gasteiger partial charge in [-0.2, -0.15) is 18.4 Å². The second-order valence-electron chi connectivity index (χ2n) is 3.24. The van der Waals surface area contributed by atoms with E-state index in [1.54, 1.807) is 0 Å². The van der Waals surface area contributed by atoms with Crippen LogP contribution >= 0.6 is 0 Å². The lowest BCUT2D eigenvalue weighted by Crippen LogP contribution is -2.15. The lowest BCUT2D eigenvalue weighted by molar-refractivity contribution is -0.138. The summed E-state index contributed by atoms with van der Waals surface area (Å²) in [7, 11) is 0. The van der Waals surface area contributed by atoms with Gasteiger partial charge in [0.25, 0.3) is 0 Å². The van der Waals surface area contributed by atoms with Crippen LogP contribution in [-0.4, -0.2) is 17.7 Å². The minimum absolute atomic E-state index is 0.100. The van der Waals surface area contributed by atoms with Crippen LogP contribution in [0.3, 0.4) is 0 Å². The number of carbonyl (C=O) groups is 1. The molecule has 0 fully saturated rings. The molecule has 1 N–H and O–H groups in total. The van der Waals surface area contributed by atoms with E-state index in [2.05, 4.69) is 4.74 Å². The maximum Gasteiger partial charge on any atom is 0.417 e. The Hall–Kier alpha value is -2.23. The van der Waals surface area contributed by atoms with Crippen molar-refractivity contribution < 1.29 is 27.8 Å². The van der Waals surface area contributed by atoms with Crippen molar-refractivity contribution in [3.8, 4) is 11.8 Å². The summed E-state index contributed by atoms with van der Waals surface area (Å²) in [6, 6.07) is 2.40. The van der Waals surface area contributed by atoms with E-state index in [-0.39, 0.29) is 6.61 Å². The fourth-order valence-electron chi connectivity index (χ4n) is 1.29. The molecule has 0 spiro atoms. The second-order valence-corrected chi connectivity index (χ2v) is 3.24. The smallest absolute Gasteiger partial charge is 0.417 e. The van der Waals surface area contributed by atoms with E-state index >= 15 is 0 Å². The first-order valence-electron chi connectivity index (χ1n) is 4.82. The number of hydrogen-bond acceptors (Lipinski definition) is 4. The van der Waals surface area contributed by atoms with Crippen molar-refractivity contribution in [2.75, 3.05) is 6.61 Å². The lowest BCUT2D eigenvalue weighted by atomic mass is 10.0. The number of hydrogen-bond donors (Lipinski definition) is 1. The first kappa shape index (κ1) is 13.8. The van der Waals surface area contributed by atoms with Gasteiger partial charge in [-0.1, -0.05) is 0 Å². The van der Waals surface area contributed by atoms with Gasteiger partial charge in [0.1, 0.15) is 11.8 Å². The number of halogens is 3. The zero-order valence-electron chi connectivity index (χ0n) is 9.21. The lowest BCUT2D eigenvalue weighted by Gasteiger charge is -2.13. The number of rotatable bonds is 2. The zero-order chi connectivity index (χ0) is 13.9. The molecule has 0 saturated carbocycles. The van der Waals surface area contributed by atoms with Crippen LogP contribution in [0.25, 0.3) is 0 Å². The third-order valence-electron chi connectivity index (χ3n) is 2.06. The zero-order valence-corrected chi connectivity index (χ0v) is 9.21. The Labute approximate surface area is 100 Å². The van der Waals surface area contributed by atoms with Crippen molar-refractivity contribution in [1.82, 2.24) is 0 Å². The predicted octanol–water partition coefficient (Wildman–Crippen LogP) is 2.46. The Balaban J connectivity index is 3.45. The molecule has 0 aromatic heterocycles. The summed E-state index contributed by atoms with van der Waals surface area (Å²) in [4.78, 5) is 11.3. The van der Waals surface area contributed by atoms with E-state index in [0.717, 1.165) is 0 Å². The highest BCUT2D eigenvalue weighted by molar-refractivity contribution is 5.92. The molecule has 0 unspecified atom stereocenters. The van der Waals surface area contributed by atoms with Crippen LogP contribution in [0.4, 0.5) is 13.2 Å². The molecule has 1 aromatic carbocycles. The number of aromatic hydroxyl groups is 1. The van der Waals surface area contributed by atoms with Gasteiger partial charge >= 0.3 is 12.1 Å². The minimum Gasteiger partial charge on any atom is -0.507 e. The summed E-state index contributed by atoms with van der Waals surface area (Å²) in [5, 5.41) is 17.8. The highest BCUT2D eigenvalue weighted by atomic mass is 19.4. The van der Waals surface area contributed by atoms with E-state index in [4.69, 9.17) is 5.26 Å². The van der Waals surface area contributed by atoms with Crippen LogP contribution in [-0.2, 0) is 10.9 Å². The Morgan fingerprint density at radius 3 is 2.56 bits per heavy atom. The van der Waals surface area contributed by atoms with Crippen molar-refractivity contribution in [3.05, 3.63) is 28.8 Å². The van der Waals surface area contributed by atoms with Crippen molar-refractivity contribution >= 4 is 5.97 Å². The molecular weight excluding hydrogens is 251 g/mol. The maximum absolute atomic E-state index is 12.7. The number of alkyl halides is 3. The molecule has 0 aliphatic carbocycles. The van der Waals surface area contributed by atoms with Crippen LogP contribution < -0.4 is 0 Å². The Morgan fingerprint density at radius 1 is 1.50 bits per heavy atom. The van der Waals surface area contributed by atoms with Gasteiger partial charge in [0.15, 0.2) is 0 Å². The van der Waals surface area contributed by atoms with E-state index in [1.807, 2.05) is 0 Å². The Morgan fingerprint density at radius 2 is 2.11 bits per heavy atom. The van der Waals surface area contributed by atoms with E-state index in [1.165, 1.54) is 13.0 Å². The van der Waals surface area contributed by atoms with Crippen molar-refractivity contribution in [2.24, 2.45) is 0 Å². The quantitative estimate of drug-likeness (QED) is 0.828. The van der Waals surface area contributed by atoms with Crippen molar-refractivity contribution in [2.45, 2.75) is 13.1 Å². The SMILES string of the molecule is CCOC(=O)c1cc(O)c(C#N)cc1C(F)(F)F. The molecular formula is C11H8F3NO3. The maximum atomic E-state index is 12.7. The second kappa shape index (κ2) is 4.96. The molecule has 0 radical (unpaired) electrons. The third kappa shape index (κ3) is 2.71. The molecule has 0 bridgehead atoms. The molecule has 0 saturated heterocycles. The summed E-state index contributed by atoms with van der Waals surface area (Å²) in [5.74, 6) is -1.90. The normalized spacial score (nSPS) is 10.8. The largest absolute Gasteiger partial charge is 0.507 e. The summed E-state index contributed by atoms with van der Waals surface area (Å²) < 4.78 is 42.6. The number of phenolic OH excluding ortho intramolecular Hbond substituents is 1. The summed E-state index contributed by atoms with van der Waals surface area (Å²) >= 11 is 0. The van der Waals surface area contributed by atoms with E-state index in [0.29, 0.717) is 12.1 Å². The van der Waals surface area contributed by atoms with Crippen LogP contribution in [0.5, 0.6) is 5.75 Å². The van der Waals surface area contributed by atoms with Crippen molar-refractivity contribution in [1.29, 1.82) is 5.26 Å². The Kier molecular flexibility index (Phi) is 3.81. The molecule has 0 amide bonds.